The number of rotatable bonds is 0. The van der Waals surface area contributed by atoms with E-state index in [1.807, 2.05) is 5.10 Å². The van der Waals surface area contributed by atoms with Crippen molar-refractivity contribution in [3.63, 3.8) is 0 Å². The van der Waals surface area contributed by atoms with Crippen LogP contribution in [0.5, 0.6) is 0 Å². The van der Waals surface area contributed by atoms with Crippen molar-refractivity contribution in [1.82, 2.24) is 15.2 Å². The van der Waals surface area contributed by atoms with Crippen LogP contribution in [-0.2, 0) is 6.18 Å². The second kappa shape index (κ2) is 2.84. The molecule has 0 aliphatic carbocycles. The maximum absolute atomic E-state index is 12.3. The van der Waals surface area contributed by atoms with Gasteiger partial charge in [0.25, 0.3) is 0 Å². The summed E-state index contributed by atoms with van der Waals surface area (Å²) in [4.78, 5) is 3.62. The molecule has 2 rings (SSSR count). The van der Waals surface area contributed by atoms with Crippen molar-refractivity contribution in [3.05, 3.63) is 23.1 Å². The van der Waals surface area contributed by atoms with Crippen LogP contribution in [0, 0.1) is 0 Å². The molecule has 0 unspecified atom stereocenters. The standard InChI is InChI=1S/C7H3ClF3N3/c8-5-1-3-4(2-12-5)13-14-6(3)7(9,10)11/h1-2H,(H,13,14). The van der Waals surface area contributed by atoms with E-state index in [1.165, 1.54) is 6.20 Å². The third-order valence-corrected chi connectivity index (χ3v) is 1.90. The monoisotopic (exact) mass is 221 g/mol. The third-order valence-electron chi connectivity index (χ3n) is 1.69. The largest absolute Gasteiger partial charge is 0.433 e. The first-order valence-corrected chi connectivity index (χ1v) is 3.93. The van der Waals surface area contributed by atoms with Crippen molar-refractivity contribution in [3.8, 4) is 0 Å². The van der Waals surface area contributed by atoms with Crippen molar-refractivity contribution in [2.45, 2.75) is 6.18 Å². The lowest BCUT2D eigenvalue weighted by Gasteiger charge is -2.02. The number of H-pyrrole nitrogens is 1. The smallest absolute Gasteiger partial charge is 0.272 e. The second-order valence-electron chi connectivity index (χ2n) is 2.62. The maximum Gasteiger partial charge on any atom is 0.433 e. The Balaban J connectivity index is 2.73. The summed E-state index contributed by atoms with van der Waals surface area (Å²) in [6, 6.07) is 1.13. The molecule has 0 atom stereocenters. The van der Waals surface area contributed by atoms with E-state index < -0.39 is 11.9 Å². The van der Waals surface area contributed by atoms with Gasteiger partial charge in [0.1, 0.15) is 16.4 Å². The molecule has 3 nitrogen and oxygen atoms in total. The summed E-state index contributed by atoms with van der Waals surface area (Å²) in [5.41, 5.74) is -0.765. The van der Waals surface area contributed by atoms with Gasteiger partial charge in [-0.15, -0.1) is 0 Å². The first kappa shape index (κ1) is 9.26. The summed E-state index contributed by atoms with van der Waals surface area (Å²) in [5.74, 6) is 0. The number of nitrogens with zero attached hydrogens (tertiary/aromatic N) is 2. The Hall–Kier alpha value is -1.30. The Kier molecular flexibility index (Phi) is 1.88. The molecule has 0 aliphatic rings. The Morgan fingerprint density at radius 3 is 2.71 bits per heavy atom. The molecule has 0 saturated heterocycles. The Bertz CT molecular complexity index is 476. The first-order chi connectivity index (χ1) is 6.48. The molecule has 2 heterocycles. The van der Waals surface area contributed by atoms with E-state index in [4.69, 9.17) is 11.6 Å². The number of aromatic nitrogens is 3. The minimum Gasteiger partial charge on any atom is -0.272 e. The summed E-state index contributed by atoms with van der Waals surface area (Å²) in [6.07, 6.45) is -3.27. The van der Waals surface area contributed by atoms with Crippen LogP contribution in [0.4, 0.5) is 13.2 Å². The Morgan fingerprint density at radius 2 is 2.07 bits per heavy atom. The highest BCUT2D eigenvalue weighted by Crippen LogP contribution is 2.33. The van der Waals surface area contributed by atoms with E-state index in [0.717, 1.165) is 6.07 Å². The van der Waals surface area contributed by atoms with E-state index >= 15 is 0 Å². The summed E-state index contributed by atoms with van der Waals surface area (Å²) in [5, 5.41) is 5.30. The van der Waals surface area contributed by atoms with Crippen molar-refractivity contribution in [1.29, 1.82) is 0 Å². The topological polar surface area (TPSA) is 41.6 Å². The minimum atomic E-state index is -4.46. The van der Waals surface area contributed by atoms with Gasteiger partial charge in [-0.05, 0) is 6.07 Å². The number of aromatic amines is 1. The number of pyridine rings is 1. The zero-order valence-electron chi connectivity index (χ0n) is 6.56. The molecule has 0 aromatic carbocycles. The molecule has 1 N–H and O–H groups in total. The molecule has 0 aliphatic heterocycles. The molecular weight excluding hydrogens is 219 g/mol. The van der Waals surface area contributed by atoms with Crippen molar-refractivity contribution in [2.75, 3.05) is 0 Å². The lowest BCUT2D eigenvalue weighted by molar-refractivity contribution is -0.139. The highest BCUT2D eigenvalue weighted by Gasteiger charge is 2.35. The molecule has 0 fully saturated rings. The number of alkyl halides is 3. The zero-order chi connectivity index (χ0) is 10.3. The quantitative estimate of drug-likeness (QED) is 0.695. The van der Waals surface area contributed by atoms with Crippen LogP contribution in [0.15, 0.2) is 12.3 Å². The van der Waals surface area contributed by atoms with Crippen LogP contribution in [0.1, 0.15) is 5.69 Å². The van der Waals surface area contributed by atoms with Crippen molar-refractivity contribution >= 4 is 22.5 Å². The van der Waals surface area contributed by atoms with E-state index in [0.29, 0.717) is 0 Å². The molecule has 0 saturated carbocycles. The van der Waals surface area contributed by atoms with Crippen molar-refractivity contribution < 1.29 is 13.2 Å². The first-order valence-electron chi connectivity index (χ1n) is 3.55. The van der Waals surface area contributed by atoms with E-state index in [-0.39, 0.29) is 16.1 Å². The molecule has 7 heteroatoms. The normalized spacial score (nSPS) is 12.3. The summed E-state index contributed by atoms with van der Waals surface area (Å²) in [6.45, 7) is 0. The van der Waals surface area contributed by atoms with Gasteiger partial charge in [-0.3, -0.25) is 5.10 Å². The van der Waals surface area contributed by atoms with Gasteiger partial charge in [-0.2, -0.15) is 18.3 Å². The van der Waals surface area contributed by atoms with Gasteiger partial charge in [0.05, 0.1) is 6.20 Å². The van der Waals surface area contributed by atoms with Gasteiger partial charge < -0.3 is 0 Å². The molecule has 0 amide bonds. The highest BCUT2D eigenvalue weighted by molar-refractivity contribution is 6.30. The van der Waals surface area contributed by atoms with Crippen LogP contribution in [0.3, 0.4) is 0 Å². The summed E-state index contributed by atoms with van der Waals surface area (Å²) < 4.78 is 37.0. The van der Waals surface area contributed by atoms with Crippen LogP contribution in [0.25, 0.3) is 10.9 Å². The van der Waals surface area contributed by atoms with E-state index in [1.54, 1.807) is 0 Å². The zero-order valence-corrected chi connectivity index (χ0v) is 7.32. The van der Waals surface area contributed by atoms with Gasteiger partial charge in [0, 0.05) is 5.39 Å². The summed E-state index contributed by atoms with van der Waals surface area (Å²) >= 11 is 5.48. The molecule has 0 bridgehead atoms. The predicted octanol–water partition coefficient (Wildman–Crippen LogP) is 2.63. The number of nitrogens with one attached hydrogen (secondary N) is 1. The average molecular weight is 222 g/mol. The van der Waals surface area contributed by atoms with Crippen molar-refractivity contribution in [2.24, 2.45) is 0 Å². The fraction of sp³-hybridized carbons (Fsp3) is 0.143. The third kappa shape index (κ3) is 1.41. The van der Waals surface area contributed by atoms with Crippen LogP contribution >= 0.6 is 11.6 Å². The van der Waals surface area contributed by atoms with Gasteiger partial charge in [0.15, 0.2) is 0 Å². The van der Waals surface area contributed by atoms with Crippen LogP contribution < -0.4 is 0 Å². The van der Waals surface area contributed by atoms with Crippen LogP contribution in [0.2, 0.25) is 5.15 Å². The lowest BCUT2D eigenvalue weighted by atomic mass is 10.2. The number of halogens is 4. The van der Waals surface area contributed by atoms with Crippen LogP contribution in [-0.4, -0.2) is 15.2 Å². The average Bonchev–Trinajstić information content (AvgIpc) is 2.45. The molecule has 74 valence electrons. The maximum atomic E-state index is 12.3. The number of hydrogen-bond acceptors (Lipinski definition) is 2. The van der Waals surface area contributed by atoms with E-state index in [2.05, 4.69) is 10.1 Å². The summed E-state index contributed by atoms with van der Waals surface area (Å²) in [7, 11) is 0. The predicted molar refractivity (Wildman–Crippen MR) is 43.9 cm³/mol. The SMILES string of the molecule is FC(F)(F)c1[nH]nc2cnc(Cl)cc12. The fourth-order valence-corrected chi connectivity index (χ4v) is 1.26. The highest BCUT2D eigenvalue weighted by atomic mass is 35.5. The van der Waals surface area contributed by atoms with Gasteiger partial charge >= 0.3 is 6.18 Å². The second-order valence-corrected chi connectivity index (χ2v) is 3.01. The number of hydrogen-bond donors (Lipinski definition) is 1. The molecular formula is C7H3ClF3N3. The molecule has 14 heavy (non-hydrogen) atoms. The Morgan fingerprint density at radius 1 is 1.36 bits per heavy atom. The number of fused-ring (bicyclic) bond motifs is 1. The molecule has 2 aromatic rings. The fourth-order valence-electron chi connectivity index (χ4n) is 1.10. The van der Waals surface area contributed by atoms with Gasteiger partial charge in [-0.25, -0.2) is 4.98 Å². The molecule has 0 spiro atoms. The molecule has 2 aromatic heterocycles. The van der Waals surface area contributed by atoms with Gasteiger partial charge in [0.2, 0.25) is 0 Å². The minimum absolute atomic E-state index is 0.00407. The Labute approximate surface area is 80.9 Å². The molecule has 0 radical (unpaired) electrons. The van der Waals surface area contributed by atoms with E-state index in [9.17, 15) is 13.2 Å². The van der Waals surface area contributed by atoms with Gasteiger partial charge in [-0.1, -0.05) is 11.6 Å². The lowest BCUT2D eigenvalue weighted by Crippen LogP contribution is -2.05.